The largest absolute Gasteiger partial charge is 0.357 e. The number of aryl methyl sites for hydroxylation is 1. The van der Waals surface area contributed by atoms with Crippen LogP contribution in [-0.4, -0.2) is 54.7 Å². The molecule has 0 radical (unpaired) electrons. The SMILES string of the molecule is CCNC(=NCCSc1ccc(C)cc1)NC1CCN(C(=O)CC)C1. The Hall–Kier alpha value is -1.69. The van der Waals surface area contributed by atoms with Gasteiger partial charge in [-0.3, -0.25) is 9.79 Å². The molecule has 0 bridgehead atoms. The molecule has 0 aliphatic carbocycles. The van der Waals surface area contributed by atoms with Crippen molar-refractivity contribution in [3.63, 3.8) is 0 Å². The third-order valence-electron chi connectivity index (χ3n) is 4.18. The maximum atomic E-state index is 11.8. The van der Waals surface area contributed by atoms with E-state index in [0.717, 1.165) is 44.3 Å². The van der Waals surface area contributed by atoms with Crippen molar-refractivity contribution < 1.29 is 4.79 Å². The van der Waals surface area contributed by atoms with Gasteiger partial charge in [-0.15, -0.1) is 11.8 Å². The molecule has 1 aromatic carbocycles. The Labute approximate surface area is 155 Å². The number of benzene rings is 1. The van der Waals surface area contributed by atoms with E-state index in [1.54, 1.807) is 0 Å². The van der Waals surface area contributed by atoms with Crippen LogP contribution in [0.25, 0.3) is 0 Å². The molecule has 6 heteroatoms. The van der Waals surface area contributed by atoms with E-state index in [0.29, 0.717) is 6.42 Å². The molecule has 1 fully saturated rings. The summed E-state index contributed by atoms with van der Waals surface area (Å²) in [6.45, 7) is 9.30. The molecule has 0 saturated carbocycles. The second kappa shape index (κ2) is 10.3. The fourth-order valence-electron chi connectivity index (χ4n) is 2.80. The molecule has 1 aliphatic rings. The molecule has 0 spiro atoms. The van der Waals surface area contributed by atoms with Crippen LogP contribution in [0.1, 0.15) is 32.3 Å². The number of likely N-dealkylation sites (tertiary alicyclic amines) is 1. The summed E-state index contributed by atoms with van der Waals surface area (Å²) in [5.41, 5.74) is 1.29. The van der Waals surface area contributed by atoms with Gasteiger partial charge in [0.1, 0.15) is 0 Å². The number of amides is 1. The lowest BCUT2D eigenvalue weighted by Crippen LogP contribution is -2.45. The molecule has 1 unspecified atom stereocenters. The van der Waals surface area contributed by atoms with Crippen molar-refractivity contribution in [3.05, 3.63) is 29.8 Å². The van der Waals surface area contributed by atoms with Gasteiger partial charge in [0.05, 0.1) is 6.54 Å². The highest BCUT2D eigenvalue weighted by molar-refractivity contribution is 7.99. The molecule has 1 atom stereocenters. The lowest BCUT2D eigenvalue weighted by molar-refractivity contribution is -0.129. The Morgan fingerprint density at radius 2 is 2.08 bits per heavy atom. The summed E-state index contributed by atoms with van der Waals surface area (Å²) in [5, 5.41) is 6.77. The Balaban J connectivity index is 1.78. The predicted molar refractivity (Wildman–Crippen MR) is 106 cm³/mol. The highest BCUT2D eigenvalue weighted by atomic mass is 32.2. The first-order valence-corrected chi connectivity index (χ1v) is 10.1. The summed E-state index contributed by atoms with van der Waals surface area (Å²) < 4.78 is 0. The van der Waals surface area contributed by atoms with Crippen LogP contribution >= 0.6 is 11.8 Å². The van der Waals surface area contributed by atoms with E-state index < -0.39 is 0 Å². The van der Waals surface area contributed by atoms with Crippen LogP contribution in [0.3, 0.4) is 0 Å². The van der Waals surface area contributed by atoms with E-state index in [9.17, 15) is 4.79 Å². The number of nitrogens with zero attached hydrogens (tertiary/aromatic N) is 2. The number of rotatable bonds is 7. The standard InChI is InChI=1S/C19H30N4OS/c1-4-18(24)23-12-10-16(14-23)22-19(20-5-2)21-11-13-25-17-8-6-15(3)7-9-17/h6-9,16H,4-5,10-14H2,1-3H3,(H2,20,21,22). The monoisotopic (exact) mass is 362 g/mol. The number of thioether (sulfide) groups is 1. The number of hydrogen-bond donors (Lipinski definition) is 2. The first kappa shape index (κ1) is 19.6. The lowest BCUT2D eigenvalue weighted by atomic mass is 10.2. The molecule has 2 rings (SSSR count). The quantitative estimate of drug-likeness (QED) is 0.339. The Kier molecular flexibility index (Phi) is 8.12. The van der Waals surface area contributed by atoms with E-state index >= 15 is 0 Å². The van der Waals surface area contributed by atoms with Gasteiger partial charge in [0.2, 0.25) is 5.91 Å². The summed E-state index contributed by atoms with van der Waals surface area (Å²) in [6.07, 6.45) is 1.56. The molecule has 5 nitrogen and oxygen atoms in total. The molecule has 1 amide bonds. The van der Waals surface area contributed by atoms with Gasteiger partial charge in [0, 0.05) is 42.7 Å². The highest BCUT2D eigenvalue weighted by Gasteiger charge is 2.25. The minimum absolute atomic E-state index is 0.237. The summed E-state index contributed by atoms with van der Waals surface area (Å²) >= 11 is 1.82. The van der Waals surface area contributed by atoms with Gasteiger partial charge in [0.25, 0.3) is 0 Å². The van der Waals surface area contributed by atoms with Crippen molar-refractivity contribution in [2.24, 2.45) is 4.99 Å². The number of carbonyl (C=O) groups excluding carboxylic acids is 1. The van der Waals surface area contributed by atoms with Crippen molar-refractivity contribution in [3.8, 4) is 0 Å². The lowest BCUT2D eigenvalue weighted by Gasteiger charge is -2.18. The van der Waals surface area contributed by atoms with Crippen molar-refractivity contribution in [2.45, 2.75) is 44.6 Å². The summed E-state index contributed by atoms with van der Waals surface area (Å²) in [5.74, 6) is 2.04. The van der Waals surface area contributed by atoms with Gasteiger partial charge in [-0.25, -0.2) is 0 Å². The van der Waals surface area contributed by atoms with E-state index in [1.165, 1.54) is 10.5 Å². The van der Waals surface area contributed by atoms with Crippen LogP contribution < -0.4 is 10.6 Å². The van der Waals surface area contributed by atoms with Gasteiger partial charge in [-0.2, -0.15) is 0 Å². The van der Waals surface area contributed by atoms with Crippen LogP contribution in [0, 0.1) is 6.92 Å². The molecule has 0 aromatic heterocycles. The molecule has 138 valence electrons. The van der Waals surface area contributed by atoms with Crippen molar-refractivity contribution >= 4 is 23.6 Å². The second-order valence-electron chi connectivity index (χ2n) is 6.25. The number of nitrogens with one attached hydrogen (secondary N) is 2. The average Bonchev–Trinajstić information content (AvgIpc) is 3.08. The van der Waals surface area contributed by atoms with E-state index in [1.807, 2.05) is 23.6 Å². The molecule has 1 aromatic rings. The normalized spacial score (nSPS) is 17.6. The van der Waals surface area contributed by atoms with Gasteiger partial charge in [-0.05, 0) is 32.4 Å². The Bertz CT molecular complexity index is 573. The minimum atomic E-state index is 0.237. The molecule has 25 heavy (non-hydrogen) atoms. The number of aliphatic imine (C=N–C) groups is 1. The second-order valence-corrected chi connectivity index (χ2v) is 7.41. The molecule has 1 heterocycles. The Morgan fingerprint density at radius 3 is 2.76 bits per heavy atom. The average molecular weight is 363 g/mol. The number of hydrogen-bond acceptors (Lipinski definition) is 3. The highest BCUT2D eigenvalue weighted by Crippen LogP contribution is 2.17. The van der Waals surface area contributed by atoms with Crippen molar-refractivity contribution in [1.82, 2.24) is 15.5 Å². The van der Waals surface area contributed by atoms with Crippen LogP contribution in [-0.2, 0) is 4.79 Å². The zero-order valence-corrected chi connectivity index (χ0v) is 16.4. The Morgan fingerprint density at radius 1 is 1.32 bits per heavy atom. The molecule has 2 N–H and O–H groups in total. The van der Waals surface area contributed by atoms with Gasteiger partial charge >= 0.3 is 0 Å². The third kappa shape index (κ3) is 6.61. The van der Waals surface area contributed by atoms with Crippen LogP contribution in [0.5, 0.6) is 0 Å². The topological polar surface area (TPSA) is 56.7 Å². The zero-order chi connectivity index (χ0) is 18.1. The fraction of sp³-hybridized carbons (Fsp3) is 0.579. The maximum Gasteiger partial charge on any atom is 0.222 e. The number of carbonyl (C=O) groups is 1. The molecule has 1 saturated heterocycles. The smallest absolute Gasteiger partial charge is 0.222 e. The minimum Gasteiger partial charge on any atom is -0.357 e. The van der Waals surface area contributed by atoms with E-state index in [-0.39, 0.29) is 11.9 Å². The van der Waals surface area contributed by atoms with Crippen molar-refractivity contribution in [1.29, 1.82) is 0 Å². The summed E-state index contributed by atoms with van der Waals surface area (Å²) in [6, 6.07) is 8.88. The maximum absolute atomic E-state index is 11.8. The van der Waals surface area contributed by atoms with E-state index in [4.69, 9.17) is 0 Å². The van der Waals surface area contributed by atoms with Crippen molar-refractivity contribution in [2.75, 3.05) is 31.9 Å². The molecule has 1 aliphatic heterocycles. The molecular weight excluding hydrogens is 332 g/mol. The van der Waals surface area contributed by atoms with Gasteiger partial charge < -0.3 is 15.5 Å². The third-order valence-corrected chi connectivity index (χ3v) is 5.17. The molecular formula is C19H30N4OS. The predicted octanol–water partition coefficient (Wildman–Crippen LogP) is 2.65. The first-order chi connectivity index (χ1) is 12.1. The van der Waals surface area contributed by atoms with E-state index in [2.05, 4.69) is 53.7 Å². The first-order valence-electron chi connectivity index (χ1n) is 9.14. The van der Waals surface area contributed by atoms with Crippen LogP contribution in [0.15, 0.2) is 34.2 Å². The summed E-state index contributed by atoms with van der Waals surface area (Å²) in [7, 11) is 0. The number of guanidine groups is 1. The van der Waals surface area contributed by atoms with Gasteiger partial charge in [0.15, 0.2) is 5.96 Å². The summed E-state index contributed by atoms with van der Waals surface area (Å²) in [4.78, 5) is 19.7. The van der Waals surface area contributed by atoms with Gasteiger partial charge in [-0.1, -0.05) is 24.6 Å². The zero-order valence-electron chi connectivity index (χ0n) is 15.5. The van der Waals surface area contributed by atoms with Crippen LogP contribution in [0.4, 0.5) is 0 Å². The van der Waals surface area contributed by atoms with Crippen LogP contribution in [0.2, 0.25) is 0 Å². The fourth-order valence-corrected chi connectivity index (χ4v) is 3.54.